The summed E-state index contributed by atoms with van der Waals surface area (Å²) in [5.74, 6) is -3.89. The van der Waals surface area contributed by atoms with Gasteiger partial charge in [0, 0.05) is 16.5 Å². The molecule has 130 valence electrons. The Balaban J connectivity index is 3.42. The zero-order valence-electron chi connectivity index (χ0n) is 13.0. The van der Waals surface area contributed by atoms with E-state index in [4.69, 9.17) is 5.26 Å². The minimum Gasteiger partial charge on any atom is -0.297 e. The molecule has 0 heterocycles. The lowest BCUT2D eigenvalue weighted by Gasteiger charge is -2.20. The third-order valence-electron chi connectivity index (χ3n) is 3.27. The molecule has 0 aliphatic carbocycles. The van der Waals surface area contributed by atoms with Gasteiger partial charge in [0.15, 0.2) is 17.5 Å². The number of hydrogen-bond donors (Lipinski definition) is 0. The van der Waals surface area contributed by atoms with Gasteiger partial charge in [0.05, 0.1) is 11.6 Å². The summed E-state index contributed by atoms with van der Waals surface area (Å²) in [4.78, 5) is 24.4. The van der Waals surface area contributed by atoms with Gasteiger partial charge in [-0.1, -0.05) is 26.8 Å². The number of rotatable bonds is 4. The van der Waals surface area contributed by atoms with Gasteiger partial charge in [-0.25, -0.2) is 8.78 Å². The molecule has 0 saturated heterocycles. The van der Waals surface area contributed by atoms with E-state index in [2.05, 4.69) is 0 Å². The van der Waals surface area contributed by atoms with E-state index in [1.807, 2.05) is 0 Å². The van der Waals surface area contributed by atoms with Crippen LogP contribution in [0.4, 0.5) is 22.0 Å². The van der Waals surface area contributed by atoms with E-state index in [1.54, 1.807) is 0 Å². The van der Waals surface area contributed by atoms with Gasteiger partial charge < -0.3 is 0 Å². The molecule has 0 radical (unpaired) electrons. The van der Waals surface area contributed by atoms with Crippen LogP contribution in [0, 0.1) is 22.7 Å². The quantitative estimate of drug-likeness (QED) is 0.455. The molecule has 0 aliphatic heterocycles. The average Bonchev–Trinajstić information content (AvgIpc) is 2.45. The summed E-state index contributed by atoms with van der Waals surface area (Å²) in [5, 5.41) is 9.05. The molecule has 0 N–H and O–H groups in total. The van der Waals surface area contributed by atoms with Crippen molar-refractivity contribution in [3.8, 4) is 6.07 Å². The molecule has 1 unspecified atom stereocenters. The van der Waals surface area contributed by atoms with Crippen LogP contribution in [-0.2, 0) is 11.0 Å². The van der Waals surface area contributed by atoms with E-state index in [9.17, 15) is 31.5 Å². The van der Waals surface area contributed by atoms with E-state index < -0.39 is 52.2 Å². The van der Waals surface area contributed by atoms with Gasteiger partial charge in [-0.05, 0) is 12.1 Å². The van der Waals surface area contributed by atoms with Gasteiger partial charge in [0.1, 0.15) is 0 Å². The summed E-state index contributed by atoms with van der Waals surface area (Å²) in [6, 6.07) is 2.66. The highest BCUT2D eigenvalue weighted by Crippen LogP contribution is 2.34. The Labute approximate surface area is 135 Å². The first kappa shape index (κ1) is 19.7. The van der Waals surface area contributed by atoms with Crippen LogP contribution >= 0.6 is 0 Å². The predicted molar refractivity (Wildman–Crippen MR) is 74.3 cm³/mol. The molecule has 0 spiro atoms. The fourth-order valence-corrected chi connectivity index (χ4v) is 1.97. The summed E-state index contributed by atoms with van der Waals surface area (Å²) in [6.07, 6.45) is -8.23. The first-order valence-electron chi connectivity index (χ1n) is 6.78. The number of carbonyl (C=O) groups excluding carboxylic acids is 2. The third kappa shape index (κ3) is 4.16. The van der Waals surface area contributed by atoms with Crippen molar-refractivity contribution in [2.45, 2.75) is 33.4 Å². The average molecular weight is 347 g/mol. The third-order valence-corrected chi connectivity index (χ3v) is 3.27. The van der Waals surface area contributed by atoms with Crippen molar-refractivity contribution in [1.82, 2.24) is 0 Å². The number of alkyl halides is 5. The van der Waals surface area contributed by atoms with Crippen LogP contribution in [0.15, 0.2) is 18.2 Å². The molecule has 1 aromatic carbocycles. The van der Waals surface area contributed by atoms with Crippen molar-refractivity contribution in [2.24, 2.45) is 11.3 Å². The molecule has 8 heteroatoms. The number of Topliss-reactive ketones (excluding diaryl/α,β-unsaturated/α-hetero) is 2. The van der Waals surface area contributed by atoms with E-state index in [0.29, 0.717) is 12.1 Å². The molecule has 1 aromatic rings. The van der Waals surface area contributed by atoms with E-state index >= 15 is 0 Å². The molecule has 1 rings (SSSR count). The molecule has 3 nitrogen and oxygen atoms in total. The molecular weight excluding hydrogens is 333 g/mol. The van der Waals surface area contributed by atoms with Crippen molar-refractivity contribution in [3.05, 3.63) is 34.9 Å². The highest BCUT2D eigenvalue weighted by molar-refractivity contribution is 6.14. The summed E-state index contributed by atoms with van der Waals surface area (Å²) in [7, 11) is 0. The molecule has 0 bridgehead atoms. The summed E-state index contributed by atoms with van der Waals surface area (Å²) in [6.45, 7) is 4.31. The van der Waals surface area contributed by atoms with Gasteiger partial charge in [-0.2, -0.15) is 18.4 Å². The number of halogens is 5. The van der Waals surface area contributed by atoms with Crippen molar-refractivity contribution in [2.75, 3.05) is 0 Å². The smallest absolute Gasteiger partial charge is 0.297 e. The Morgan fingerprint density at radius 3 is 2.04 bits per heavy atom. The zero-order chi connectivity index (χ0) is 18.9. The number of nitrogens with zero attached hydrogens (tertiary/aromatic N) is 1. The Morgan fingerprint density at radius 1 is 1.12 bits per heavy atom. The first-order valence-corrected chi connectivity index (χ1v) is 6.78. The number of nitriles is 1. The highest BCUT2D eigenvalue weighted by Gasteiger charge is 2.38. The topological polar surface area (TPSA) is 57.9 Å². The molecule has 0 saturated carbocycles. The van der Waals surface area contributed by atoms with Gasteiger partial charge in [0.25, 0.3) is 6.43 Å². The lowest BCUT2D eigenvalue weighted by molar-refractivity contribution is -0.137. The molecule has 0 aromatic heterocycles. The SMILES string of the molecule is CC(C)(C)C(=O)C(C#N)C(=O)c1ccc(C(F)(F)F)cc1C(F)F. The van der Waals surface area contributed by atoms with E-state index in [0.717, 1.165) is 0 Å². The van der Waals surface area contributed by atoms with Crippen LogP contribution in [0.1, 0.15) is 48.7 Å². The van der Waals surface area contributed by atoms with Crippen molar-refractivity contribution >= 4 is 11.6 Å². The Hall–Kier alpha value is -2.30. The zero-order valence-corrected chi connectivity index (χ0v) is 13.0. The van der Waals surface area contributed by atoms with Crippen molar-refractivity contribution < 1.29 is 31.5 Å². The Kier molecular flexibility index (Phi) is 5.49. The Morgan fingerprint density at radius 2 is 1.67 bits per heavy atom. The molecule has 24 heavy (non-hydrogen) atoms. The fraction of sp³-hybridized carbons (Fsp3) is 0.438. The molecular formula is C16H14F5NO2. The summed E-state index contributed by atoms with van der Waals surface area (Å²) in [5.41, 5.74) is -4.35. The van der Waals surface area contributed by atoms with Gasteiger partial charge in [-0.3, -0.25) is 9.59 Å². The number of ketones is 2. The molecule has 0 fully saturated rings. The maximum absolute atomic E-state index is 13.1. The van der Waals surface area contributed by atoms with E-state index in [1.165, 1.54) is 26.8 Å². The van der Waals surface area contributed by atoms with Crippen molar-refractivity contribution in [1.29, 1.82) is 5.26 Å². The normalized spacial score (nSPS) is 13.5. The lowest BCUT2D eigenvalue weighted by atomic mass is 9.80. The second-order valence-electron chi connectivity index (χ2n) is 6.14. The van der Waals surface area contributed by atoms with Gasteiger partial charge in [-0.15, -0.1) is 0 Å². The summed E-state index contributed by atoms with van der Waals surface area (Å²) < 4.78 is 64.1. The van der Waals surface area contributed by atoms with Crippen LogP contribution in [0.5, 0.6) is 0 Å². The van der Waals surface area contributed by atoms with Crippen LogP contribution in [-0.4, -0.2) is 11.6 Å². The van der Waals surface area contributed by atoms with Crippen LogP contribution in [0.25, 0.3) is 0 Å². The molecule has 0 aliphatic rings. The minimum absolute atomic E-state index is 0.161. The largest absolute Gasteiger partial charge is 0.416 e. The fourth-order valence-electron chi connectivity index (χ4n) is 1.97. The highest BCUT2D eigenvalue weighted by atomic mass is 19.4. The molecule has 1 atom stereocenters. The number of benzene rings is 1. The van der Waals surface area contributed by atoms with Crippen molar-refractivity contribution in [3.63, 3.8) is 0 Å². The van der Waals surface area contributed by atoms with E-state index in [-0.39, 0.29) is 6.07 Å². The van der Waals surface area contributed by atoms with Crippen LogP contribution in [0.2, 0.25) is 0 Å². The second kappa shape index (κ2) is 6.67. The Bertz CT molecular complexity index is 696. The maximum Gasteiger partial charge on any atom is 0.416 e. The number of carbonyl (C=O) groups is 2. The van der Waals surface area contributed by atoms with Crippen LogP contribution in [0.3, 0.4) is 0 Å². The standard InChI is InChI=1S/C16H14F5NO2/c1-15(2,3)13(24)11(7-22)12(23)9-5-4-8(16(19,20)21)6-10(9)14(17)18/h4-6,11,14H,1-3H3. The molecule has 0 amide bonds. The summed E-state index contributed by atoms with van der Waals surface area (Å²) >= 11 is 0. The van der Waals surface area contributed by atoms with Gasteiger partial charge in [0.2, 0.25) is 0 Å². The number of hydrogen-bond acceptors (Lipinski definition) is 3. The maximum atomic E-state index is 13.1. The predicted octanol–water partition coefficient (Wildman–Crippen LogP) is 4.58. The first-order chi connectivity index (χ1) is 10.8. The van der Waals surface area contributed by atoms with Gasteiger partial charge >= 0.3 is 6.18 Å². The second-order valence-corrected chi connectivity index (χ2v) is 6.14. The van der Waals surface area contributed by atoms with Crippen LogP contribution < -0.4 is 0 Å². The lowest BCUT2D eigenvalue weighted by Crippen LogP contribution is -2.33. The monoisotopic (exact) mass is 347 g/mol. The minimum atomic E-state index is -4.86.